The molecular formula is C21H18F3N7O3. The molecule has 176 valence electrons. The zero-order valence-electron chi connectivity index (χ0n) is 17.4. The van der Waals surface area contributed by atoms with E-state index in [0.29, 0.717) is 29.2 Å². The molecule has 1 aliphatic carbocycles. The third-order valence-electron chi connectivity index (χ3n) is 6.01. The van der Waals surface area contributed by atoms with Crippen LogP contribution in [0, 0.1) is 5.92 Å². The fourth-order valence-corrected chi connectivity index (χ4v) is 4.40. The second kappa shape index (κ2) is 7.71. The summed E-state index contributed by atoms with van der Waals surface area (Å²) in [4.78, 5) is 46.0. The summed E-state index contributed by atoms with van der Waals surface area (Å²) in [6.07, 6.45) is -0.644. The van der Waals surface area contributed by atoms with Crippen LogP contribution in [0.4, 0.5) is 34.3 Å². The third-order valence-corrected chi connectivity index (χ3v) is 6.01. The highest BCUT2D eigenvalue weighted by atomic mass is 19.4. The Morgan fingerprint density at radius 2 is 1.85 bits per heavy atom. The summed E-state index contributed by atoms with van der Waals surface area (Å²) in [5.74, 6) is -0.887. The Morgan fingerprint density at radius 1 is 1.09 bits per heavy atom. The van der Waals surface area contributed by atoms with Gasteiger partial charge in [0.2, 0.25) is 5.91 Å². The molecule has 1 aliphatic heterocycles. The molecule has 0 radical (unpaired) electrons. The largest absolute Gasteiger partial charge is 0.434 e. The van der Waals surface area contributed by atoms with Crippen LogP contribution in [-0.4, -0.2) is 49.5 Å². The molecule has 1 saturated carbocycles. The van der Waals surface area contributed by atoms with E-state index in [-0.39, 0.29) is 17.8 Å². The van der Waals surface area contributed by atoms with Crippen molar-refractivity contribution in [1.29, 1.82) is 0 Å². The topological polar surface area (TPSA) is 135 Å². The maximum absolute atomic E-state index is 13.2. The predicted octanol–water partition coefficient (Wildman–Crippen LogP) is 3.01. The lowest BCUT2D eigenvalue weighted by molar-refractivity contribution is -0.141. The van der Waals surface area contributed by atoms with E-state index in [1.807, 2.05) is 0 Å². The minimum atomic E-state index is -4.71. The lowest BCUT2D eigenvalue weighted by Crippen LogP contribution is -2.47. The Hall–Kier alpha value is -4.16. The number of amides is 4. The molecule has 4 amide bonds. The van der Waals surface area contributed by atoms with Crippen molar-refractivity contribution in [2.45, 2.75) is 31.1 Å². The number of anilines is 2. The number of nitrogens with two attached hydrogens (primary N) is 1. The van der Waals surface area contributed by atoms with Crippen molar-refractivity contribution < 1.29 is 27.6 Å². The number of carbonyl (C=O) groups excluding carboxylic acids is 3. The van der Waals surface area contributed by atoms with Crippen LogP contribution in [0.3, 0.4) is 0 Å². The fraction of sp³-hybridized carbons (Fsp3) is 0.286. The zero-order valence-corrected chi connectivity index (χ0v) is 17.4. The standard InChI is InChI=1S/C21H18F3N7O3/c22-21(23,24)16-7-26-8-17(28-16)29-18(32)15-6-10-5-14(10)31(15)20(34)27-12-9-30(19(25)33)13-4-2-1-3-11(12)13/h1-4,7-10,14-15H,5-6H2,(H2,25,33)(H,27,34)(H,28,29,32)/t10-,14-,15-/m0/s1. The highest BCUT2D eigenvalue weighted by Crippen LogP contribution is 2.48. The van der Waals surface area contributed by atoms with Gasteiger partial charge in [-0.05, 0) is 24.8 Å². The van der Waals surface area contributed by atoms with Gasteiger partial charge < -0.3 is 21.3 Å². The number of nitrogens with one attached hydrogen (secondary N) is 2. The molecule has 4 N–H and O–H groups in total. The van der Waals surface area contributed by atoms with Crippen LogP contribution in [-0.2, 0) is 11.0 Å². The summed E-state index contributed by atoms with van der Waals surface area (Å²) < 4.78 is 39.9. The fourth-order valence-electron chi connectivity index (χ4n) is 4.40. The van der Waals surface area contributed by atoms with Crippen molar-refractivity contribution in [3.8, 4) is 0 Å². The number of nitrogens with zero attached hydrogens (tertiary/aromatic N) is 4. The number of hydrogen-bond acceptors (Lipinski definition) is 5. The number of benzene rings is 1. The lowest BCUT2D eigenvalue weighted by Gasteiger charge is -2.26. The van der Waals surface area contributed by atoms with E-state index in [4.69, 9.17) is 5.73 Å². The normalized spacial score (nSPS) is 21.3. The summed E-state index contributed by atoms with van der Waals surface area (Å²) in [5.41, 5.74) is 5.02. The molecule has 0 unspecified atom stereocenters. The molecule has 10 nitrogen and oxygen atoms in total. The maximum Gasteiger partial charge on any atom is 0.434 e. The number of aromatic nitrogens is 3. The van der Waals surface area contributed by atoms with E-state index in [0.717, 1.165) is 12.6 Å². The van der Waals surface area contributed by atoms with Gasteiger partial charge in [-0.1, -0.05) is 18.2 Å². The molecule has 2 fully saturated rings. The molecule has 34 heavy (non-hydrogen) atoms. The minimum absolute atomic E-state index is 0.126. The molecular weight excluding hydrogens is 455 g/mol. The molecule has 2 aromatic heterocycles. The molecule has 13 heteroatoms. The van der Waals surface area contributed by atoms with Crippen molar-refractivity contribution in [3.05, 3.63) is 48.5 Å². The Labute approximate surface area is 189 Å². The van der Waals surface area contributed by atoms with E-state index in [1.54, 1.807) is 24.3 Å². The van der Waals surface area contributed by atoms with Crippen molar-refractivity contribution in [3.63, 3.8) is 0 Å². The summed E-state index contributed by atoms with van der Waals surface area (Å²) in [7, 11) is 0. The third kappa shape index (κ3) is 3.78. The second-order valence-electron chi connectivity index (χ2n) is 8.20. The number of carbonyl (C=O) groups is 3. The average molecular weight is 473 g/mol. The Bertz CT molecular complexity index is 1320. The van der Waals surface area contributed by atoms with Crippen molar-refractivity contribution in [2.75, 3.05) is 10.6 Å². The molecule has 5 rings (SSSR count). The molecule has 3 aromatic rings. The van der Waals surface area contributed by atoms with Gasteiger partial charge in [0.05, 0.1) is 23.6 Å². The van der Waals surface area contributed by atoms with E-state index in [9.17, 15) is 27.6 Å². The Morgan fingerprint density at radius 3 is 2.59 bits per heavy atom. The van der Waals surface area contributed by atoms with Gasteiger partial charge in [0, 0.05) is 17.6 Å². The van der Waals surface area contributed by atoms with Crippen LogP contribution in [0.15, 0.2) is 42.9 Å². The van der Waals surface area contributed by atoms with Crippen molar-refractivity contribution in [1.82, 2.24) is 19.4 Å². The SMILES string of the molecule is NC(=O)n1cc(NC(=O)N2[C@H](C(=O)Nc3cncc(C(F)(F)F)n3)C[C@@H]3C[C@@H]32)c2ccccc21. The zero-order chi connectivity index (χ0) is 24.2. The second-order valence-corrected chi connectivity index (χ2v) is 8.20. The van der Waals surface area contributed by atoms with Gasteiger partial charge in [0.25, 0.3) is 0 Å². The van der Waals surface area contributed by atoms with Crippen LogP contribution in [0.1, 0.15) is 18.5 Å². The number of alkyl halides is 3. The number of fused-ring (bicyclic) bond motifs is 2. The minimum Gasteiger partial charge on any atom is -0.351 e. The van der Waals surface area contributed by atoms with Gasteiger partial charge >= 0.3 is 18.2 Å². The van der Waals surface area contributed by atoms with E-state index >= 15 is 0 Å². The van der Waals surface area contributed by atoms with Gasteiger partial charge in [0.1, 0.15) is 6.04 Å². The smallest absolute Gasteiger partial charge is 0.351 e. The first-order valence-corrected chi connectivity index (χ1v) is 10.3. The number of urea groups is 1. The number of para-hydroxylation sites is 1. The van der Waals surface area contributed by atoms with Gasteiger partial charge in [-0.25, -0.2) is 14.6 Å². The quantitative estimate of drug-likeness (QED) is 0.537. The first-order chi connectivity index (χ1) is 16.1. The highest BCUT2D eigenvalue weighted by Gasteiger charge is 2.56. The Balaban J connectivity index is 1.36. The number of primary amides is 1. The van der Waals surface area contributed by atoms with Crippen LogP contribution in [0.25, 0.3) is 10.9 Å². The first-order valence-electron chi connectivity index (χ1n) is 10.3. The van der Waals surface area contributed by atoms with Crippen LogP contribution >= 0.6 is 0 Å². The average Bonchev–Trinajstić information content (AvgIpc) is 3.29. The molecule has 2 aliphatic rings. The van der Waals surface area contributed by atoms with Crippen molar-refractivity contribution in [2.24, 2.45) is 11.7 Å². The molecule has 1 aromatic carbocycles. The van der Waals surface area contributed by atoms with Gasteiger partial charge in [-0.3, -0.25) is 14.3 Å². The number of rotatable bonds is 3. The summed E-state index contributed by atoms with van der Waals surface area (Å²) in [6, 6.07) is 4.51. The van der Waals surface area contributed by atoms with E-state index in [2.05, 4.69) is 20.6 Å². The number of halogens is 3. The van der Waals surface area contributed by atoms with Crippen LogP contribution < -0.4 is 16.4 Å². The monoisotopic (exact) mass is 473 g/mol. The predicted molar refractivity (Wildman–Crippen MR) is 114 cm³/mol. The number of hydrogen-bond donors (Lipinski definition) is 3. The van der Waals surface area contributed by atoms with Gasteiger partial charge in [-0.15, -0.1) is 0 Å². The number of piperidine rings is 1. The molecule has 0 spiro atoms. The maximum atomic E-state index is 13.2. The van der Waals surface area contributed by atoms with Crippen LogP contribution in [0.5, 0.6) is 0 Å². The Kier molecular flexibility index (Phi) is 4.92. The highest BCUT2D eigenvalue weighted by molar-refractivity contribution is 6.06. The molecule has 3 atom stereocenters. The van der Waals surface area contributed by atoms with Gasteiger partial charge in [0.15, 0.2) is 11.5 Å². The van der Waals surface area contributed by atoms with E-state index < -0.39 is 35.9 Å². The summed E-state index contributed by atoms with van der Waals surface area (Å²) >= 11 is 0. The van der Waals surface area contributed by atoms with Crippen molar-refractivity contribution >= 4 is 40.4 Å². The van der Waals surface area contributed by atoms with Crippen LogP contribution in [0.2, 0.25) is 0 Å². The molecule has 1 saturated heterocycles. The summed E-state index contributed by atoms with van der Waals surface area (Å²) in [5, 5.41) is 5.66. The molecule has 0 bridgehead atoms. The first kappa shape index (κ1) is 21.7. The molecule has 3 heterocycles. The number of likely N-dealkylation sites (tertiary alicyclic amines) is 1. The lowest BCUT2D eigenvalue weighted by atomic mass is 10.1. The van der Waals surface area contributed by atoms with Gasteiger partial charge in [-0.2, -0.15) is 13.2 Å². The van der Waals surface area contributed by atoms with E-state index in [1.165, 1.54) is 15.7 Å². The summed E-state index contributed by atoms with van der Waals surface area (Å²) in [6.45, 7) is 0.